The summed E-state index contributed by atoms with van der Waals surface area (Å²) in [6.45, 7) is 0.296. The number of halogens is 1. The number of carbonyl (C=O) groups is 1. The van der Waals surface area contributed by atoms with Gasteiger partial charge in [-0.25, -0.2) is 0 Å². The molecule has 0 aliphatic carbocycles. The number of thiazole rings is 1. The normalized spacial score (nSPS) is 11.1. The van der Waals surface area contributed by atoms with E-state index in [2.05, 4.69) is 26.2 Å². The van der Waals surface area contributed by atoms with E-state index >= 15 is 0 Å². The van der Waals surface area contributed by atoms with Crippen molar-refractivity contribution in [3.63, 3.8) is 0 Å². The summed E-state index contributed by atoms with van der Waals surface area (Å²) in [4.78, 5) is 28.5. The Morgan fingerprint density at radius 3 is 2.89 bits per heavy atom. The van der Waals surface area contributed by atoms with Crippen LogP contribution in [-0.2, 0) is 6.54 Å². The standard InChI is InChI=1S/C19H14BrN3O3S2/c1-26-14-5-3-2-4-10(14)9-21-18(25)15-16-22-17(24)12-8-11(20)6-7-13(12)23(16)19(27)28-15/h2-8H,9H2,1H3,(H,21,25)(H,22,24). The molecule has 9 heteroatoms. The van der Waals surface area contributed by atoms with Gasteiger partial charge in [-0.2, -0.15) is 0 Å². The Morgan fingerprint density at radius 1 is 1.32 bits per heavy atom. The number of fused-ring (bicyclic) bond motifs is 3. The third-order valence-corrected chi connectivity index (χ3v) is 6.19. The molecule has 0 saturated carbocycles. The van der Waals surface area contributed by atoms with Gasteiger partial charge in [0.2, 0.25) is 0 Å². The molecule has 0 unspecified atom stereocenters. The predicted octanol–water partition coefficient (Wildman–Crippen LogP) is 4.27. The van der Waals surface area contributed by atoms with Crippen LogP contribution in [0.3, 0.4) is 0 Å². The Labute approximate surface area is 176 Å². The zero-order valence-corrected chi connectivity index (χ0v) is 17.8. The number of benzene rings is 2. The highest BCUT2D eigenvalue weighted by Gasteiger charge is 2.18. The van der Waals surface area contributed by atoms with E-state index < -0.39 is 0 Å². The molecule has 0 atom stereocenters. The Hall–Kier alpha value is -2.49. The second kappa shape index (κ2) is 7.50. The van der Waals surface area contributed by atoms with Crippen LogP contribution in [0.25, 0.3) is 16.6 Å². The zero-order chi connectivity index (χ0) is 19.8. The largest absolute Gasteiger partial charge is 0.496 e. The average Bonchev–Trinajstić information content (AvgIpc) is 3.03. The monoisotopic (exact) mass is 475 g/mol. The molecule has 142 valence electrons. The van der Waals surface area contributed by atoms with Crippen molar-refractivity contribution in [2.75, 3.05) is 7.11 Å². The Balaban J connectivity index is 1.76. The van der Waals surface area contributed by atoms with E-state index in [0.717, 1.165) is 21.4 Å². The minimum Gasteiger partial charge on any atom is -0.496 e. The minimum atomic E-state index is -0.309. The minimum absolute atomic E-state index is 0.275. The first-order valence-electron chi connectivity index (χ1n) is 8.27. The molecule has 0 spiro atoms. The van der Waals surface area contributed by atoms with Gasteiger partial charge in [0.15, 0.2) is 3.95 Å². The molecule has 4 rings (SSSR count). The topological polar surface area (TPSA) is 75.6 Å². The number of aromatic amines is 1. The lowest BCUT2D eigenvalue weighted by molar-refractivity contribution is 0.0956. The van der Waals surface area contributed by atoms with Crippen LogP contribution in [0.1, 0.15) is 15.2 Å². The smallest absolute Gasteiger partial charge is 0.265 e. The van der Waals surface area contributed by atoms with E-state index in [1.165, 1.54) is 0 Å². The van der Waals surface area contributed by atoms with E-state index in [4.69, 9.17) is 17.0 Å². The molecule has 2 aromatic heterocycles. The van der Waals surface area contributed by atoms with Crippen molar-refractivity contribution in [2.24, 2.45) is 0 Å². The van der Waals surface area contributed by atoms with Gasteiger partial charge in [0.1, 0.15) is 16.3 Å². The van der Waals surface area contributed by atoms with Gasteiger partial charge < -0.3 is 15.0 Å². The fraction of sp³-hybridized carbons (Fsp3) is 0.105. The summed E-state index contributed by atoms with van der Waals surface area (Å²) < 4.78 is 8.31. The summed E-state index contributed by atoms with van der Waals surface area (Å²) in [5.41, 5.74) is 1.64. The summed E-state index contributed by atoms with van der Waals surface area (Å²) in [7, 11) is 1.59. The molecule has 0 bridgehead atoms. The van der Waals surface area contributed by atoms with Crippen molar-refractivity contribution in [3.8, 4) is 5.75 Å². The molecule has 0 aliphatic rings. The van der Waals surface area contributed by atoms with Crippen molar-refractivity contribution < 1.29 is 9.53 Å². The number of hydrogen-bond donors (Lipinski definition) is 2. The second-order valence-electron chi connectivity index (χ2n) is 5.99. The first-order chi connectivity index (χ1) is 13.5. The quantitative estimate of drug-likeness (QED) is 0.432. The average molecular weight is 476 g/mol. The number of nitrogens with zero attached hydrogens (tertiary/aromatic N) is 1. The molecule has 28 heavy (non-hydrogen) atoms. The number of aromatic nitrogens is 2. The molecule has 0 saturated heterocycles. The second-order valence-corrected chi connectivity index (χ2v) is 8.55. The van der Waals surface area contributed by atoms with Crippen molar-refractivity contribution in [3.05, 3.63) is 71.7 Å². The molecule has 0 radical (unpaired) electrons. The molecule has 2 aromatic carbocycles. The number of carbonyl (C=O) groups excluding carboxylic acids is 1. The van der Waals surface area contributed by atoms with Crippen LogP contribution in [0, 0.1) is 3.95 Å². The predicted molar refractivity (Wildman–Crippen MR) is 116 cm³/mol. The Kier molecular flexibility index (Phi) is 5.05. The fourth-order valence-electron chi connectivity index (χ4n) is 3.02. The number of amides is 1. The van der Waals surface area contributed by atoms with Gasteiger partial charge in [0, 0.05) is 16.6 Å². The summed E-state index contributed by atoms with van der Waals surface area (Å²) in [5.74, 6) is 0.388. The van der Waals surface area contributed by atoms with Gasteiger partial charge in [-0.3, -0.25) is 14.0 Å². The van der Waals surface area contributed by atoms with E-state index in [9.17, 15) is 9.59 Å². The molecule has 2 N–H and O–H groups in total. The van der Waals surface area contributed by atoms with Crippen molar-refractivity contribution in [1.82, 2.24) is 14.7 Å². The van der Waals surface area contributed by atoms with Crippen molar-refractivity contribution in [1.29, 1.82) is 0 Å². The molecule has 1 amide bonds. The molecular formula is C19H14BrN3O3S2. The first-order valence-corrected chi connectivity index (χ1v) is 10.3. The Bertz CT molecular complexity index is 1340. The van der Waals surface area contributed by atoms with Crippen molar-refractivity contribution in [2.45, 2.75) is 6.54 Å². The molecule has 2 heterocycles. The summed E-state index contributed by atoms with van der Waals surface area (Å²) in [6, 6.07) is 12.8. The van der Waals surface area contributed by atoms with Gasteiger partial charge in [-0.1, -0.05) is 45.5 Å². The molecule has 0 fully saturated rings. The zero-order valence-electron chi connectivity index (χ0n) is 14.6. The van der Waals surface area contributed by atoms with E-state index in [0.29, 0.717) is 37.7 Å². The summed E-state index contributed by atoms with van der Waals surface area (Å²) in [5, 5.41) is 3.37. The summed E-state index contributed by atoms with van der Waals surface area (Å²) >= 11 is 10.00. The van der Waals surface area contributed by atoms with Gasteiger partial charge in [0.25, 0.3) is 11.5 Å². The van der Waals surface area contributed by atoms with Crippen LogP contribution in [0.5, 0.6) is 5.75 Å². The van der Waals surface area contributed by atoms with Crippen molar-refractivity contribution >= 4 is 61.9 Å². The highest BCUT2D eigenvalue weighted by Crippen LogP contribution is 2.24. The first kappa shape index (κ1) is 18.9. The summed E-state index contributed by atoms with van der Waals surface area (Å²) in [6.07, 6.45) is 0. The molecular weight excluding hydrogens is 462 g/mol. The number of hydrogen-bond acceptors (Lipinski definition) is 5. The maximum atomic E-state index is 12.8. The van der Waals surface area contributed by atoms with Crippen LogP contribution in [0.4, 0.5) is 0 Å². The fourth-order valence-corrected chi connectivity index (χ4v) is 4.68. The lowest BCUT2D eigenvalue weighted by Crippen LogP contribution is -2.23. The number of methoxy groups -OCH3 is 1. The van der Waals surface area contributed by atoms with Crippen LogP contribution < -0.4 is 15.6 Å². The number of nitrogens with one attached hydrogen (secondary N) is 2. The van der Waals surface area contributed by atoms with E-state index in [1.807, 2.05) is 30.3 Å². The Morgan fingerprint density at radius 2 is 2.11 bits per heavy atom. The van der Waals surface area contributed by atoms with Crippen LogP contribution in [-0.4, -0.2) is 22.4 Å². The number of H-pyrrole nitrogens is 1. The van der Waals surface area contributed by atoms with Gasteiger partial charge in [-0.05, 0) is 36.5 Å². The van der Waals surface area contributed by atoms with Gasteiger partial charge >= 0.3 is 0 Å². The van der Waals surface area contributed by atoms with Gasteiger partial charge in [0.05, 0.1) is 18.0 Å². The highest BCUT2D eigenvalue weighted by molar-refractivity contribution is 9.10. The van der Waals surface area contributed by atoms with E-state index in [-0.39, 0.29) is 11.5 Å². The number of ether oxygens (including phenoxy) is 1. The number of rotatable bonds is 4. The van der Waals surface area contributed by atoms with Crippen LogP contribution in [0.2, 0.25) is 0 Å². The number of para-hydroxylation sites is 1. The maximum Gasteiger partial charge on any atom is 0.265 e. The SMILES string of the molecule is COc1ccccc1CNC(=O)c1sc(=S)n2c1[nH]c(=O)c1cc(Br)ccc12. The van der Waals surface area contributed by atoms with Crippen LogP contribution >= 0.6 is 39.5 Å². The highest BCUT2D eigenvalue weighted by atomic mass is 79.9. The molecule has 4 aromatic rings. The van der Waals surface area contributed by atoms with E-state index in [1.54, 1.807) is 23.6 Å². The molecule has 6 nitrogen and oxygen atoms in total. The lowest BCUT2D eigenvalue weighted by Gasteiger charge is -2.09. The van der Waals surface area contributed by atoms with Gasteiger partial charge in [-0.15, -0.1) is 0 Å². The molecule has 0 aliphatic heterocycles. The lowest BCUT2D eigenvalue weighted by atomic mass is 10.2. The third-order valence-electron chi connectivity index (χ3n) is 4.32. The maximum absolute atomic E-state index is 12.8. The van der Waals surface area contributed by atoms with Crippen LogP contribution in [0.15, 0.2) is 51.7 Å². The third kappa shape index (κ3) is 3.25.